The number of benzene rings is 2. The average Bonchev–Trinajstić information content (AvgIpc) is 3.04. The van der Waals surface area contributed by atoms with Crippen LogP contribution >= 0.6 is 0 Å². The fourth-order valence-corrected chi connectivity index (χ4v) is 9.57. The van der Waals surface area contributed by atoms with E-state index in [0.717, 1.165) is 0 Å². The summed E-state index contributed by atoms with van der Waals surface area (Å²) in [4.78, 5) is 0. The zero-order chi connectivity index (χ0) is 46.1. The molecule has 0 bridgehead atoms. The molecular weight excluding hydrogens is 953 g/mol. The Labute approximate surface area is 363 Å². The van der Waals surface area contributed by atoms with Crippen LogP contribution in [0.15, 0.2) is 48.5 Å². The van der Waals surface area contributed by atoms with E-state index in [1.54, 1.807) is 24.3 Å². The van der Waals surface area contributed by atoms with E-state index in [2.05, 4.69) is 0 Å². The van der Waals surface area contributed by atoms with Crippen molar-refractivity contribution in [2.45, 2.75) is 51.6 Å². The topological polar surface area (TPSA) is 372 Å². The Bertz CT molecular complexity index is 1960. The van der Waals surface area contributed by atoms with Gasteiger partial charge in [-0.1, -0.05) is 48.5 Å². The van der Waals surface area contributed by atoms with Crippen molar-refractivity contribution in [3.05, 3.63) is 59.7 Å². The van der Waals surface area contributed by atoms with Crippen molar-refractivity contribution in [2.24, 2.45) is 0 Å². The lowest BCUT2D eigenvalue weighted by molar-refractivity contribution is -0.941. The maximum Gasteiger partial charge on any atom is 0.265 e. The Morgan fingerprint density at radius 1 is 0.344 bits per heavy atom. The van der Waals surface area contributed by atoms with E-state index in [0.29, 0.717) is 11.1 Å². The van der Waals surface area contributed by atoms with E-state index in [1.165, 1.54) is 24.3 Å². The van der Waals surface area contributed by atoms with Crippen LogP contribution in [0.3, 0.4) is 0 Å². The molecule has 2 aromatic carbocycles. The zero-order valence-electron chi connectivity index (χ0n) is 33.0. The quantitative estimate of drug-likeness (QED) is 0.0353. The number of hydrogen-bond donors (Lipinski definition) is 6. The molecule has 0 aromatic heterocycles. The number of quaternary nitrogens is 2. The van der Waals surface area contributed by atoms with Gasteiger partial charge in [0.2, 0.25) is 0 Å². The van der Waals surface area contributed by atoms with Crippen LogP contribution in [-0.4, -0.2) is 172 Å². The average molecular weight is 1010 g/mol. The zero-order valence-corrected chi connectivity index (χ0v) is 38.9. The first-order valence-corrected chi connectivity index (χ1v) is 27.8. The lowest BCUT2D eigenvalue weighted by Crippen LogP contribution is -2.50. The van der Waals surface area contributed by atoms with Crippen molar-refractivity contribution in [1.29, 1.82) is 0 Å². The first-order chi connectivity index (χ1) is 27.2. The third-order valence-electron chi connectivity index (χ3n) is 9.09. The second kappa shape index (κ2) is 25.2. The van der Waals surface area contributed by atoms with Crippen molar-refractivity contribution in [1.82, 2.24) is 0 Å². The SMILES string of the molecule is O=S(=O)(O)CCC[N+](CCCS(=O)(=O)O)(CCCS(=O)(=O)O)Cc1ccc([O-])cc1.O=S(=O)(O)CCC[N+](CCCS(=O)(=O)O)(CCCS(=O)(=O)O)Cc1ccc([O-])cc1.[Si]. The fraction of sp³-hybridized carbons (Fsp3) is 0.625. The van der Waals surface area contributed by atoms with Gasteiger partial charge in [0.15, 0.2) is 0 Å². The molecule has 0 fully saturated rings. The predicted molar refractivity (Wildman–Crippen MR) is 221 cm³/mol. The lowest BCUT2D eigenvalue weighted by atomic mass is 10.1. The molecule has 0 heterocycles. The molecule has 6 N–H and O–H groups in total. The molecule has 2 rings (SSSR count). The van der Waals surface area contributed by atoms with Crippen molar-refractivity contribution < 1.29 is 97.0 Å². The van der Waals surface area contributed by atoms with E-state index >= 15 is 0 Å². The summed E-state index contributed by atoms with van der Waals surface area (Å²) < 4.78 is 187. The molecule has 0 unspecified atom stereocenters. The lowest BCUT2D eigenvalue weighted by Gasteiger charge is -2.39. The molecule has 4 radical (unpaired) electrons. The summed E-state index contributed by atoms with van der Waals surface area (Å²) in [6, 6.07) is 11.6. The van der Waals surface area contributed by atoms with Gasteiger partial charge < -0.3 is 19.2 Å². The van der Waals surface area contributed by atoms with Gasteiger partial charge in [-0.05, 0) is 0 Å². The Morgan fingerprint density at radius 3 is 0.656 bits per heavy atom. The number of rotatable bonds is 28. The smallest absolute Gasteiger partial charge is 0.265 e. The summed E-state index contributed by atoms with van der Waals surface area (Å²) in [5, 5.41) is 22.7. The highest BCUT2D eigenvalue weighted by Crippen LogP contribution is 2.22. The first-order valence-electron chi connectivity index (χ1n) is 18.1. The highest BCUT2D eigenvalue weighted by molar-refractivity contribution is 7.86. The molecule has 0 spiro atoms. The summed E-state index contributed by atoms with van der Waals surface area (Å²) in [7, 11) is -25.4. The minimum atomic E-state index is -4.24. The minimum Gasteiger partial charge on any atom is -0.872 e. The second-order valence-corrected chi connectivity index (χ2v) is 23.9. The van der Waals surface area contributed by atoms with Crippen LogP contribution in [0, 0.1) is 0 Å². The first kappa shape index (κ1) is 58.6. The summed E-state index contributed by atoms with van der Waals surface area (Å²) in [5.74, 6) is -3.67. The van der Waals surface area contributed by atoms with Gasteiger partial charge in [0.25, 0.3) is 60.7 Å². The predicted octanol–water partition coefficient (Wildman–Crippen LogP) is -0.559. The van der Waals surface area contributed by atoms with Gasteiger partial charge in [-0.15, -0.1) is 11.5 Å². The van der Waals surface area contributed by atoms with Gasteiger partial charge in [-0.3, -0.25) is 27.3 Å². The Kier molecular flexibility index (Phi) is 24.2. The second-order valence-electron chi connectivity index (χ2n) is 14.5. The maximum atomic E-state index is 11.3. The molecular formula is C32H54N2O20S6Si. The molecule has 0 saturated carbocycles. The highest BCUT2D eigenvalue weighted by atomic mass is 32.2. The minimum absolute atomic E-state index is 0. The third kappa shape index (κ3) is 31.2. The monoisotopic (exact) mass is 1010 g/mol. The normalized spacial score (nSPS) is 13.2. The molecule has 0 atom stereocenters. The van der Waals surface area contributed by atoms with Gasteiger partial charge in [0.05, 0.1) is 73.8 Å². The van der Waals surface area contributed by atoms with Crippen molar-refractivity contribution >= 4 is 71.7 Å². The van der Waals surface area contributed by atoms with Crippen molar-refractivity contribution in [3.63, 3.8) is 0 Å². The highest BCUT2D eigenvalue weighted by Gasteiger charge is 2.31. The summed E-state index contributed by atoms with van der Waals surface area (Å²) in [6.07, 6.45) is 0.0608. The number of nitrogens with zero attached hydrogens (tertiary/aromatic N) is 2. The largest absolute Gasteiger partial charge is 0.872 e. The maximum absolute atomic E-state index is 11.3. The molecule has 29 heteroatoms. The van der Waals surface area contributed by atoms with E-state index in [4.69, 9.17) is 27.3 Å². The summed E-state index contributed by atoms with van der Waals surface area (Å²) >= 11 is 0. The van der Waals surface area contributed by atoms with Gasteiger partial charge in [-0.25, -0.2) is 0 Å². The van der Waals surface area contributed by atoms with Crippen LogP contribution < -0.4 is 10.2 Å². The van der Waals surface area contributed by atoms with Gasteiger partial charge in [0, 0.05) is 60.6 Å². The number of hydrogen-bond acceptors (Lipinski definition) is 14. The Hall–Kier alpha value is -2.36. The van der Waals surface area contributed by atoms with E-state index in [-0.39, 0.29) is 122 Å². The molecule has 0 aliphatic carbocycles. The fourth-order valence-electron chi connectivity index (χ4n) is 6.60. The van der Waals surface area contributed by atoms with E-state index < -0.39 is 95.2 Å². The van der Waals surface area contributed by atoms with E-state index in [1.807, 2.05) is 0 Å². The Balaban J connectivity index is 0.00000116. The van der Waals surface area contributed by atoms with Crippen LogP contribution in [0.2, 0.25) is 0 Å². The summed E-state index contributed by atoms with van der Waals surface area (Å²) in [6.45, 7) is 1.34. The van der Waals surface area contributed by atoms with E-state index in [9.17, 15) is 60.7 Å². The molecule has 61 heavy (non-hydrogen) atoms. The molecule has 0 amide bonds. The van der Waals surface area contributed by atoms with Crippen LogP contribution in [0.5, 0.6) is 11.5 Å². The third-order valence-corrected chi connectivity index (χ3v) is 13.9. The molecule has 0 aliphatic rings. The van der Waals surface area contributed by atoms with Crippen molar-refractivity contribution in [3.8, 4) is 11.5 Å². The van der Waals surface area contributed by atoms with Crippen LogP contribution in [0.4, 0.5) is 0 Å². The van der Waals surface area contributed by atoms with Gasteiger partial charge in [0.1, 0.15) is 13.1 Å². The molecule has 2 aromatic rings. The van der Waals surface area contributed by atoms with Crippen LogP contribution in [0.1, 0.15) is 49.7 Å². The summed E-state index contributed by atoms with van der Waals surface area (Å²) in [5.41, 5.74) is 1.36. The van der Waals surface area contributed by atoms with Crippen molar-refractivity contribution in [2.75, 3.05) is 73.8 Å². The molecule has 0 aliphatic heterocycles. The standard InChI is InChI=1S/2C16H27NO10S3.Si/c2*18-16-6-4-15(5-7-16)14-17(8-1-11-28(19,20)21,9-2-12-29(22,23)24)10-3-13-30(25,26)27;/h2*4-7H,1-3,8-14H2,(H3-,18,19,20,21,22,23,24,25,26,27);. The Morgan fingerprint density at radius 2 is 0.508 bits per heavy atom. The molecule has 22 nitrogen and oxygen atoms in total. The van der Waals surface area contributed by atoms with Gasteiger partial charge in [-0.2, -0.15) is 50.5 Å². The van der Waals surface area contributed by atoms with Crippen LogP contribution in [-0.2, 0) is 73.8 Å². The van der Waals surface area contributed by atoms with Gasteiger partial charge >= 0.3 is 0 Å². The molecule has 0 saturated heterocycles. The van der Waals surface area contributed by atoms with Crippen LogP contribution in [0.25, 0.3) is 0 Å². The molecule has 352 valence electrons.